The van der Waals surface area contributed by atoms with Gasteiger partial charge in [-0.1, -0.05) is 6.92 Å². The molecule has 0 spiro atoms. The third-order valence-corrected chi connectivity index (χ3v) is 3.44. The molecule has 2 amide bonds. The quantitative estimate of drug-likeness (QED) is 0.806. The van der Waals surface area contributed by atoms with Gasteiger partial charge in [0.25, 0.3) is 0 Å². The van der Waals surface area contributed by atoms with E-state index >= 15 is 0 Å². The highest BCUT2D eigenvalue weighted by molar-refractivity contribution is 5.92. The van der Waals surface area contributed by atoms with Gasteiger partial charge in [-0.15, -0.1) is 0 Å². The van der Waals surface area contributed by atoms with Crippen LogP contribution < -0.4 is 15.8 Å². The number of carbonyl (C=O) groups excluding carboxylic acids is 1. The van der Waals surface area contributed by atoms with Crippen molar-refractivity contribution in [2.45, 2.75) is 19.8 Å². The minimum Gasteiger partial charge on any atom is -0.497 e. The van der Waals surface area contributed by atoms with E-state index in [1.807, 2.05) is 4.90 Å². The second-order valence-corrected chi connectivity index (χ2v) is 5.08. The van der Waals surface area contributed by atoms with Crippen LogP contribution in [0, 0.1) is 5.92 Å². The summed E-state index contributed by atoms with van der Waals surface area (Å²) in [5.41, 5.74) is 7.03. The molecule has 1 aromatic carbocycles. The number of anilines is 2. The molecular weight excluding hydrogens is 242 g/mol. The van der Waals surface area contributed by atoms with E-state index in [1.165, 1.54) is 6.42 Å². The summed E-state index contributed by atoms with van der Waals surface area (Å²) in [5, 5.41) is 2.86. The Balaban J connectivity index is 2.02. The Hall–Kier alpha value is -1.91. The summed E-state index contributed by atoms with van der Waals surface area (Å²) in [6, 6.07) is 5.17. The van der Waals surface area contributed by atoms with Crippen LogP contribution in [0.4, 0.5) is 16.2 Å². The number of urea groups is 1. The summed E-state index contributed by atoms with van der Waals surface area (Å²) >= 11 is 0. The third-order valence-electron chi connectivity index (χ3n) is 3.44. The standard InChI is InChI=1S/C14H21N3O2/c1-10-4-3-7-17(9-10)14(18)16-13-6-5-11(19-2)8-12(13)15/h5-6,8,10H,3-4,7,9,15H2,1-2H3,(H,16,18). The number of methoxy groups -OCH3 is 1. The van der Waals surface area contributed by atoms with Crippen molar-refractivity contribution in [2.24, 2.45) is 5.92 Å². The Morgan fingerprint density at radius 3 is 2.95 bits per heavy atom. The minimum atomic E-state index is -0.0802. The van der Waals surface area contributed by atoms with Gasteiger partial charge >= 0.3 is 6.03 Å². The molecular formula is C14H21N3O2. The lowest BCUT2D eigenvalue weighted by atomic mass is 10.0. The van der Waals surface area contributed by atoms with Crippen LogP contribution in [0.1, 0.15) is 19.8 Å². The van der Waals surface area contributed by atoms with E-state index in [-0.39, 0.29) is 6.03 Å². The SMILES string of the molecule is COc1ccc(NC(=O)N2CCCC(C)C2)c(N)c1. The van der Waals surface area contributed by atoms with Gasteiger partial charge in [0, 0.05) is 19.2 Å². The summed E-state index contributed by atoms with van der Waals surface area (Å²) in [6.45, 7) is 3.79. The number of carbonyl (C=O) groups is 1. The monoisotopic (exact) mass is 263 g/mol. The largest absolute Gasteiger partial charge is 0.497 e. The van der Waals surface area contributed by atoms with E-state index < -0.39 is 0 Å². The van der Waals surface area contributed by atoms with Crippen molar-refractivity contribution in [3.63, 3.8) is 0 Å². The van der Waals surface area contributed by atoms with Gasteiger partial charge < -0.3 is 20.7 Å². The number of nitrogen functional groups attached to an aromatic ring is 1. The summed E-state index contributed by atoms with van der Waals surface area (Å²) in [5.74, 6) is 1.25. The molecule has 2 rings (SSSR count). The highest BCUT2D eigenvalue weighted by Gasteiger charge is 2.21. The Morgan fingerprint density at radius 1 is 1.53 bits per heavy atom. The normalized spacial score (nSPS) is 19.1. The van der Waals surface area contributed by atoms with Crippen LogP contribution in [0.25, 0.3) is 0 Å². The minimum absolute atomic E-state index is 0.0802. The van der Waals surface area contributed by atoms with Crippen LogP contribution in [0.2, 0.25) is 0 Å². The number of nitrogens with one attached hydrogen (secondary N) is 1. The van der Waals surface area contributed by atoms with Crippen molar-refractivity contribution in [3.05, 3.63) is 18.2 Å². The van der Waals surface area contributed by atoms with Crippen molar-refractivity contribution >= 4 is 17.4 Å². The van der Waals surface area contributed by atoms with Gasteiger partial charge in [-0.25, -0.2) is 4.79 Å². The molecule has 1 saturated heterocycles. The second kappa shape index (κ2) is 5.82. The number of rotatable bonds is 2. The number of amides is 2. The van der Waals surface area contributed by atoms with Gasteiger partial charge in [0.1, 0.15) is 5.75 Å². The molecule has 1 heterocycles. The molecule has 1 aliphatic rings. The number of hydrogen-bond donors (Lipinski definition) is 2. The number of hydrogen-bond acceptors (Lipinski definition) is 3. The Labute approximate surface area is 113 Å². The van der Waals surface area contributed by atoms with Crippen LogP contribution in [-0.2, 0) is 0 Å². The maximum atomic E-state index is 12.1. The maximum Gasteiger partial charge on any atom is 0.321 e. The number of ether oxygens (including phenoxy) is 1. The summed E-state index contributed by atoms with van der Waals surface area (Å²) in [4.78, 5) is 14.0. The number of likely N-dealkylation sites (tertiary alicyclic amines) is 1. The molecule has 1 fully saturated rings. The number of benzene rings is 1. The molecule has 1 unspecified atom stereocenters. The maximum absolute atomic E-state index is 12.1. The molecule has 1 aliphatic heterocycles. The molecule has 0 aliphatic carbocycles. The molecule has 1 aromatic rings. The van der Waals surface area contributed by atoms with Crippen molar-refractivity contribution in [1.29, 1.82) is 0 Å². The lowest BCUT2D eigenvalue weighted by Crippen LogP contribution is -2.41. The van der Waals surface area contributed by atoms with Crippen molar-refractivity contribution in [3.8, 4) is 5.75 Å². The summed E-state index contributed by atoms with van der Waals surface area (Å²) < 4.78 is 5.08. The molecule has 1 atom stereocenters. The lowest BCUT2D eigenvalue weighted by Gasteiger charge is -2.31. The lowest BCUT2D eigenvalue weighted by molar-refractivity contribution is 0.182. The average Bonchev–Trinajstić information content (AvgIpc) is 2.41. The number of nitrogens with zero attached hydrogens (tertiary/aromatic N) is 1. The zero-order valence-corrected chi connectivity index (χ0v) is 11.5. The molecule has 0 bridgehead atoms. The Bertz CT molecular complexity index is 462. The van der Waals surface area contributed by atoms with Crippen LogP contribution in [0.3, 0.4) is 0 Å². The predicted molar refractivity (Wildman–Crippen MR) is 76.4 cm³/mol. The van der Waals surface area contributed by atoms with E-state index in [1.54, 1.807) is 25.3 Å². The van der Waals surface area contributed by atoms with Crippen LogP contribution >= 0.6 is 0 Å². The number of piperidine rings is 1. The molecule has 0 radical (unpaired) electrons. The second-order valence-electron chi connectivity index (χ2n) is 5.08. The average molecular weight is 263 g/mol. The molecule has 5 nitrogen and oxygen atoms in total. The van der Waals surface area contributed by atoms with Crippen LogP contribution in [0.15, 0.2) is 18.2 Å². The first-order chi connectivity index (χ1) is 9.10. The predicted octanol–water partition coefficient (Wildman–Crippen LogP) is 2.54. The zero-order chi connectivity index (χ0) is 13.8. The van der Waals surface area contributed by atoms with Gasteiger partial charge in [0.05, 0.1) is 18.5 Å². The Kier molecular flexibility index (Phi) is 4.14. The Morgan fingerprint density at radius 2 is 2.32 bits per heavy atom. The fourth-order valence-corrected chi connectivity index (χ4v) is 2.35. The summed E-state index contributed by atoms with van der Waals surface area (Å²) in [7, 11) is 1.59. The van der Waals surface area contributed by atoms with E-state index in [4.69, 9.17) is 10.5 Å². The highest BCUT2D eigenvalue weighted by atomic mass is 16.5. The van der Waals surface area contributed by atoms with Crippen molar-refractivity contribution in [1.82, 2.24) is 4.90 Å². The van der Waals surface area contributed by atoms with Gasteiger partial charge in [0.15, 0.2) is 0 Å². The van der Waals surface area contributed by atoms with Crippen LogP contribution in [-0.4, -0.2) is 31.1 Å². The smallest absolute Gasteiger partial charge is 0.321 e. The fourth-order valence-electron chi connectivity index (χ4n) is 2.35. The first-order valence-electron chi connectivity index (χ1n) is 6.59. The first kappa shape index (κ1) is 13.5. The van der Waals surface area contributed by atoms with Gasteiger partial charge in [-0.3, -0.25) is 0 Å². The van der Waals surface area contributed by atoms with E-state index in [9.17, 15) is 4.79 Å². The molecule has 104 valence electrons. The van der Waals surface area contributed by atoms with E-state index in [2.05, 4.69) is 12.2 Å². The number of nitrogens with two attached hydrogens (primary N) is 1. The van der Waals surface area contributed by atoms with E-state index in [0.29, 0.717) is 23.0 Å². The third kappa shape index (κ3) is 3.30. The van der Waals surface area contributed by atoms with Gasteiger partial charge in [-0.05, 0) is 30.9 Å². The molecule has 19 heavy (non-hydrogen) atoms. The molecule has 0 aromatic heterocycles. The fraction of sp³-hybridized carbons (Fsp3) is 0.500. The van der Waals surface area contributed by atoms with Crippen LogP contribution in [0.5, 0.6) is 5.75 Å². The highest BCUT2D eigenvalue weighted by Crippen LogP contribution is 2.25. The van der Waals surface area contributed by atoms with Gasteiger partial charge in [-0.2, -0.15) is 0 Å². The molecule has 0 saturated carbocycles. The summed E-state index contributed by atoms with van der Waals surface area (Å²) in [6.07, 6.45) is 2.25. The van der Waals surface area contributed by atoms with Crippen molar-refractivity contribution in [2.75, 3.05) is 31.2 Å². The zero-order valence-electron chi connectivity index (χ0n) is 11.5. The van der Waals surface area contributed by atoms with Gasteiger partial charge in [0.2, 0.25) is 0 Å². The first-order valence-corrected chi connectivity index (χ1v) is 6.59. The molecule has 3 N–H and O–H groups in total. The van der Waals surface area contributed by atoms with E-state index in [0.717, 1.165) is 19.5 Å². The molecule has 5 heteroatoms. The topological polar surface area (TPSA) is 67.6 Å². The van der Waals surface area contributed by atoms with Crippen molar-refractivity contribution < 1.29 is 9.53 Å².